The Kier molecular flexibility index (Phi) is 5.64. The second-order valence-corrected chi connectivity index (χ2v) is 5.30. The number of ether oxygens (including phenoxy) is 2. The highest BCUT2D eigenvalue weighted by molar-refractivity contribution is 7.07. The minimum absolute atomic E-state index is 0.417. The Morgan fingerprint density at radius 1 is 1.40 bits per heavy atom. The molecule has 1 heterocycles. The Hall–Kier alpha value is -1.30. The van der Waals surface area contributed by atoms with Crippen molar-refractivity contribution in [3.05, 3.63) is 39.3 Å². The van der Waals surface area contributed by atoms with Crippen LogP contribution >= 0.6 is 22.9 Å². The molecule has 0 fully saturated rings. The predicted octanol–water partition coefficient (Wildman–Crippen LogP) is 3.49. The fourth-order valence-electron chi connectivity index (χ4n) is 1.78. The number of hydrogen-bond acceptors (Lipinski definition) is 5. The minimum atomic E-state index is 0.417. The standard InChI is InChI=1S/C14H17ClN2O2S/c1-3-16-6-10-4-11(15)5-13(18-2)14(10)19-7-12-8-20-9-17-12/h4-5,8-9,16H,3,6-7H2,1-2H3. The summed E-state index contributed by atoms with van der Waals surface area (Å²) in [6.07, 6.45) is 0. The van der Waals surface area contributed by atoms with Gasteiger partial charge in [-0.25, -0.2) is 4.98 Å². The molecule has 2 rings (SSSR count). The van der Waals surface area contributed by atoms with Crippen LogP contribution in [0.25, 0.3) is 0 Å². The molecule has 4 nitrogen and oxygen atoms in total. The summed E-state index contributed by atoms with van der Waals surface area (Å²) < 4.78 is 11.2. The van der Waals surface area contributed by atoms with E-state index in [0.717, 1.165) is 17.8 Å². The number of hydrogen-bond donors (Lipinski definition) is 1. The highest BCUT2D eigenvalue weighted by atomic mass is 35.5. The Bertz CT molecular complexity index is 546. The fourth-order valence-corrected chi connectivity index (χ4v) is 2.56. The molecule has 0 aliphatic rings. The Morgan fingerprint density at radius 3 is 2.90 bits per heavy atom. The van der Waals surface area contributed by atoms with Gasteiger partial charge in [0.05, 0.1) is 18.3 Å². The molecular formula is C14H17ClN2O2S. The van der Waals surface area contributed by atoms with E-state index in [1.54, 1.807) is 30.0 Å². The quantitative estimate of drug-likeness (QED) is 0.850. The van der Waals surface area contributed by atoms with Crippen LogP contribution in [-0.4, -0.2) is 18.6 Å². The van der Waals surface area contributed by atoms with Crippen molar-refractivity contribution in [1.29, 1.82) is 0 Å². The molecule has 2 aromatic rings. The minimum Gasteiger partial charge on any atom is -0.493 e. The average Bonchev–Trinajstić information content (AvgIpc) is 2.96. The van der Waals surface area contributed by atoms with Crippen LogP contribution in [0.2, 0.25) is 5.02 Å². The van der Waals surface area contributed by atoms with Gasteiger partial charge in [-0.15, -0.1) is 11.3 Å². The van der Waals surface area contributed by atoms with E-state index in [1.807, 2.05) is 11.4 Å². The number of rotatable bonds is 7. The van der Waals surface area contributed by atoms with Crippen LogP contribution in [0.15, 0.2) is 23.0 Å². The molecule has 108 valence electrons. The van der Waals surface area contributed by atoms with E-state index in [1.165, 1.54) is 0 Å². The van der Waals surface area contributed by atoms with E-state index in [0.29, 0.717) is 29.7 Å². The third-order valence-electron chi connectivity index (χ3n) is 2.73. The van der Waals surface area contributed by atoms with E-state index in [4.69, 9.17) is 21.1 Å². The van der Waals surface area contributed by atoms with Gasteiger partial charge < -0.3 is 14.8 Å². The van der Waals surface area contributed by atoms with Gasteiger partial charge in [-0.3, -0.25) is 0 Å². The summed E-state index contributed by atoms with van der Waals surface area (Å²) >= 11 is 7.65. The van der Waals surface area contributed by atoms with Crippen LogP contribution in [0.4, 0.5) is 0 Å². The molecule has 0 unspecified atom stereocenters. The van der Waals surface area contributed by atoms with E-state index in [2.05, 4.69) is 17.2 Å². The van der Waals surface area contributed by atoms with Gasteiger partial charge in [0, 0.05) is 28.6 Å². The number of thiazole rings is 1. The summed E-state index contributed by atoms with van der Waals surface area (Å²) in [6, 6.07) is 3.65. The average molecular weight is 313 g/mol. The topological polar surface area (TPSA) is 43.4 Å². The third kappa shape index (κ3) is 3.85. The highest BCUT2D eigenvalue weighted by Crippen LogP contribution is 2.35. The molecule has 1 aromatic carbocycles. The molecule has 6 heteroatoms. The lowest BCUT2D eigenvalue weighted by atomic mass is 10.2. The number of nitrogens with one attached hydrogen (secondary N) is 1. The molecule has 0 radical (unpaired) electrons. The summed E-state index contributed by atoms with van der Waals surface area (Å²) in [5, 5.41) is 5.87. The Labute approximate surface area is 127 Å². The first-order valence-electron chi connectivity index (χ1n) is 6.31. The van der Waals surface area contributed by atoms with Crippen LogP contribution in [0.1, 0.15) is 18.2 Å². The number of nitrogens with zero attached hydrogens (tertiary/aromatic N) is 1. The van der Waals surface area contributed by atoms with Gasteiger partial charge in [-0.05, 0) is 12.6 Å². The van der Waals surface area contributed by atoms with Gasteiger partial charge in [-0.1, -0.05) is 18.5 Å². The zero-order valence-corrected chi connectivity index (χ0v) is 13.1. The first-order valence-corrected chi connectivity index (χ1v) is 7.63. The zero-order chi connectivity index (χ0) is 14.4. The molecule has 20 heavy (non-hydrogen) atoms. The Morgan fingerprint density at radius 2 is 2.25 bits per heavy atom. The zero-order valence-electron chi connectivity index (χ0n) is 11.5. The van der Waals surface area contributed by atoms with Crippen LogP contribution in [-0.2, 0) is 13.2 Å². The van der Waals surface area contributed by atoms with Crippen molar-refractivity contribution < 1.29 is 9.47 Å². The number of benzene rings is 1. The summed E-state index contributed by atoms with van der Waals surface area (Å²) in [5.74, 6) is 1.35. The van der Waals surface area contributed by atoms with Gasteiger partial charge in [0.2, 0.25) is 0 Å². The van der Waals surface area contributed by atoms with E-state index in [9.17, 15) is 0 Å². The van der Waals surface area contributed by atoms with Crippen molar-refractivity contribution in [1.82, 2.24) is 10.3 Å². The fraction of sp³-hybridized carbons (Fsp3) is 0.357. The molecule has 0 saturated carbocycles. The molecule has 0 aliphatic heterocycles. The summed E-state index contributed by atoms with van der Waals surface area (Å²) in [7, 11) is 1.61. The predicted molar refractivity (Wildman–Crippen MR) is 81.8 cm³/mol. The van der Waals surface area contributed by atoms with Crippen molar-refractivity contribution in [2.24, 2.45) is 0 Å². The molecule has 0 saturated heterocycles. The lowest BCUT2D eigenvalue weighted by Gasteiger charge is -2.15. The smallest absolute Gasteiger partial charge is 0.166 e. The summed E-state index contributed by atoms with van der Waals surface area (Å²) in [6.45, 7) is 4.03. The molecule has 1 aromatic heterocycles. The summed E-state index contributed by atoms with van der Waals surface area (Å²) in [5.41, 5.74) is 3.67. The van der Waals surface area contributed by atoms with Gasteiger partial charge >= 0.3 is 0 Å². The van der Waals surface area contributed by atoms with Crippen molar-refractivity contribution in [3.63, 3.8) is 0 Å². The number of aromatic nitrogens is 1. The SMILES string of the molecule is CCNCc1cc(Cl)cc(OC)c1OCc1cscn1. The normalized spacial score (nSPS) is 10.6. The van der Waals surface area contributed by atoms with E-state index in [-0.39, 0.29) is 0 Å². The van der Waals surface area contributed by atoms with Gasteiger partial charge in [-0.2, -0.15) is 0 Å². The molecule has 0 spiro atoms. The number of halogens is 1. The first kappa shape index (κ1) is 15.1. The van der Waals surface area contributed by atoms with Crippen LogP contribution < -0.4 is 14.8 Å². The lowest BCUT2D eigenvalue weighted by Crippen LogP contribution is -2.13. The molecular weight excluding hydrogens is 296 g/mol. The van der Waals surface area contributed by atoms with Gasteiger partial charge in [0.1, 0.15) is 6.61 Å². The van der Waals surface area contributed by atoms with E-state index < -0.39 is 0 Å². The molecule has 0 aliphatic carbocycles. The lowest BCUT2D eigenvalue weighted by molar-refractivity contribution is 0.277. The molecule has 0 bridgehead atoms. The second kappa shape index (κ2) is 7.47. The van der Waals surface area contributed by atoms with Crippen molar-refractivity contribution in [2.45, 2.75) is 20.1 Å². The second-order valence-electron chi connectivity index (χ2n) is 4.15. The van der Waals surface area contributed by atoms with E-state index >= 15 is 0 Å². The van der Waals surface area contributed by atoms with Crippen molar-refractivity contribution in [2.75, 3.05) is 13.7 Å². The van der Waals surface area contributed by atoms with Crippen molar-refractivity contribution >= 4 is 22.9 Å². The first-order chi connectivity index (χ1) is 9.74. The Balaban J connectivity index is 2.22. The van der Waals surface area contributed by atoms with Crippen LogP contribution in [0, 0.1) is 0 Å². The monoisotopic (exact) mass is 312 g/mol. The van der Waals surface area contributed by atoms with Gasteiger partial charge in [0.15, 0.2) is 11.5 Å². The highest BCUT2D eigenvalue weighted by Gasteiger charge is 2.13. The molecule has 0 atom stereocenters. The van der Waals surface area contributed by atoms with Crippen molar-refractivity contribution in [3.8, 4) is 11.5 Å². The maximum Gasteiger partial charge on any atom is 0.166 e. The number of methoxy groups -OCH3 is 1. The summed E-state index contributed by atoms with van der Waals surface area (Å²) in [4.78, 5) is 4.21. The third-order valence-corrected chi connectivity index (χ3v) is 3.58. The maximum atomic E-state index is 6.11. The van der Waals surface area contributed by atoms with Crippen LogP contribution in [0.5, 0.6) is 11.5 Å². The largest absolute Gasteiger partial charge is 0.493 e. The molecule has 0 amide bonds. The van der Waals surface area contributed by atoms with Crippen LogP contribution in [0.3, 0.4) is 0 Å². The maximum absolute atomic E-state index is 6.11. The van der Waals surface area contributed by atoms with Gasteiger partial charge in [0.25, 0.3) is 0 Å². The molecule has 1 N–H and O–H groups in total.